The average molecular weight is 364 g/mol. The molecule has 4 amide bonds. The van der Waals surface area contributed by atoms with Gasteiger partial charge in [0.05, 0.1) is 0 Å². The number of carbonyl (C=O) groups excluding carboxylic acids is 3. The van der Waals surface area contributed by atoms with Gasteiger partial charge in [-0.3, -0.25) is 14.5 Å². The monoisotopic (exact) mass is 364 g/mol. The predicted molar refractivity (Wildman–Crippen MR) is 96.2 cm³/mol. The molecule has 11 nitrogen and oxygen atoms in total. The van der Waals surface area contributed by atoms with Gasteiger partial charge in [0.25, 0.3) is 5.91 Å². The van der Waals surface area contributed by atoms with Gasteiger partial charge in [0.15, 0.2) is 0 Å². The Morgan fingerprint density at radius 2 is 1.46 bits per heavy atom. The van der Waals surface area contributed by atoms with Gasteiger partial charge in [-0.2, -0.15) is 15.0 Å². The van der Waals surface area contributed by atoms with Gasteiger partial charge in [0.1, 0.15) is 12.6 Å². The summed E-state index contributed by atoms with van der Waals surface area (Å²) in [5.74, 6) is -0.0366. The third-order valence-electron chi connectivity index (χ3n) is 3.83. The van der Waals surface area contributed by atoms with Crippen molar-refractivity contribution in [3.05, 3.63) is 0 Å². The highest BCUT2D eigenvalue weighted by atomic mass is 16.2. The third-order valence-corrected chi connectivity index (χ3v) is 3.83. The normalized spacial score (nSPS) is 15.3. The van der Waals surface area contributed by atoms with Crippen LogP contribution in [-0.4, -0.2) is 97.5 Å². The van der Waals surface area contributed by atoms with Crippen molar-refractivity contribution in [3.8, 4) is 0 Å². The Kier molecular flexibility index (Phi) is 5.28. The molecule has 26 heavy (non-hydrogen) atoms. The minimum atomic E-state index is -0.904. The quantitative estimate of drug-likeness (QED) is 0.628. The lowest BCUT2D eigenvalue weighted by Crippen LogP contribution is -2.48. The number of hydrogen-bond donors (Lipinski definition) is 0. The molecule has 0 saturated carbocycles. The number of hydrogen-bond acceptors (Lipinski definition) is 8. The molecule has 11 heteroatoms. The Bertz CT molecular complexity index is 707. The van der Waals surface area contributed by atoms with E-state index in [1.54, 1.807) is 52.1 Å². The summed E-state index contributed by atoms with van der Waals surface area (Å²) in [6, 6.07) is -1.53. The second kappa shape index (κ2) is 7.10. The van der Waals surface area contributed by atoms with Crippen molar-refractivity contribution in [3.63, 3.8) is 0 Å². The van der Waals surface area contributed by atoms with Gasteiger partial charge in [-0.1, -0.05) is 0 Å². The molecule has 0 aromatic carbocycles. The van der Waals surface area contributed by atoms with Crippen molar-refractivity contribution < 1.29 is 14.4 Å². The topological polar surface area (TPSA) is 106 Å². The number of amides is 4. The highest BCUT2D eigenvalue weighted by Gasteiger charge is 2.43. The molecule has 1 aliphatic heterocycles. The van der Waals surface area contributed by atoms with E-state index in [9.17, 15) is 14.4 Å². The molecule has 1 aliphatic rings. The van der Waals surface area contributed by atoms with E-state index in [0.717, 1.165) is 9.80 Å². The van der Waals surface area contributed by atoms with Crippen LogP contribution >= 0.6 is 0 Å². The zero-order valence-corrected chi connectivity index (χ0v) is 16.1. The number of rotatable bonds is 5. The van der Waals surface area contributed by atoms with Crippen LogP contribution in [0.3, 0.4) is 0 Å². The Morgan fingerprint density at radius 3 is 1.88 bits per heavy atom. The molecule has 0 aliphatic carbocycles. The summed E-state index contributed by atoms with van der Waals surface area (Å²) in [4.78, 5) is 56.9. The zero-order chi connectivity index (χ0) is 19.8. The number of urea groups is 1. The number of anilines is 3. The lowest BCUT2D eigenvalue weighted by molar-refractivity contribution is -0.138. The van der Waals surface area contributed by atoms with E-state index >= 15 is 0 Å². The summed E-state index contributed by atoms with van der Waals surface area (Å²) in [6.45, 7) is 1.29. The fraction of sp³-hybridized carbons (Fsp3) is 0.600. The van der Waals surface area contributed by atoms with Crippen molar-refractivity contribution in [2.75, 3.05) is 63.5 Å². The molecule has 2 heterocycles. The van der Waals surface area contributed by atoms with Crippen LogP contribution in [-0.2, 0) is 9.59 Å². The highest BCUT2D eigenvalue weighted by molar-refractivity contribution is 6.13. The minimum absolute atomic E-state index is 0.0674. The van der Waals surface area contributed by atoms with Crippen LogP contribution in [0, 0.1) is 0 Å². The molecular formula is C15H24N8O3. The van der Waals surface area contributed by atoms with Gasteiger partial charge in [0, 0.05) is 42.3 Å². The molecule has 1 saturated heterocycles. The lowest BCUT2D eigenvalue weighted by Gasteiger charge is -2.24. The van der Waals surface area contributed by atoms with E-state index in [0.29, 0.717) is 11.9 Å². The van der Waals surface area contributed by atoms with Gasteiger partial charge >= 0.3 is 6.03 Å². The fourth-order valence-corrected chi connectivity index (χ4v) is 2.40. The van der Waals surface area contributed by atoms with Crippen LogP contribution < -0.4 is 14.7 Å². The minimum Gasteiger partial charge on any atom is -0.347 e. The molecule has 1 unspecified atom stereocenters. The van der Waals surface area contributed by atoms with E-state index in [1.807, 2.05) is 0 Å². The van der Waals surface area contributed by atoms with E-state index in [-0.39, 0.29) is 18.4 Å². The van der Waals surface area contributed by atoms with Crippen molar-refractivity contribution in [2.24, 2.45) is 0 Å². The third kappa shape index (κ3) is 3.51. The molecule has 1 atom stereocenters. The summed E-state index contributed by atoms with van der Waals surface area (Å²) in [6.07, 6.45) is 0. The molecule has 1 aromatic rings. The Labute approximate surface area is 152 Å². The molecule has 0 N–H and O–H groups in total. The second-order valence-electron chi connectivity index (χ2n) is 6.57. The summed E-state index contributed by atoms with van der Waals surface area (Å²) in [5, 5.41) is 0. The standard InChI is InChI=1S/C15H24N8O3/c1-9(11(25)19(2)3)23-10(24)8-22(15(23)26)14-17-12(20(4)5)16-13(18-14)21(6)7/h9H,8H2,1-7H3. The van der Waals surface area contributed by atoms with Crippen LogP contribution in [0.5, 0.6) is 0 Å². The lowest BCUT2D eigenvalue weighted by atomic mass is 10.2. The van der Waals surface area contributed by atoms with Gasteiger partial charge in [-0.25, -0.2) is 9.69 Å². The van der Waals surface area contributed by atoms with E-state index < -0.39 is 18.0 Å². The predicted octanol–water partition coefficient (Wildman–Crippen LogP) is -0.751. The Morgan fingerprint density at radius 1 is 0.962 bits per heavy atom. The Hall–Kier alpha value is -2.98. The summed E-state index contributed by atoms with van der Waals surface area (Å²) in [5.41, 5.74) is 0. The van der Waals surface area contributed by atoms with Crippen molar-refractivity contribution in [2.45, 2.75) is 13.0 Å². The van der Waals surface area contributed by atoms with Crippen LogP contribution in [0.25, 0.3) is 0 Å². The van der Waals surface area contributed by atoms with Crippen molar-refractivity contribution in [1.82, 2.24) is 24.8 Å². The number of aromatic nitrogens is 3. The van der Waals surface area contributed by atoms with Crippen LogP contribution in [0.4, 0.5) is 22.6 Å². The van der Waals surface area contributed by atoms with Gasteiger partial charge in [0.2, 0.25) is 23.8 Å². The number of carbonyl (C=O) groups is 3. The Balaban J connectivity index is 2.40. The molecule has 0 spiro atoms. The van der Waals surface area contributed by atoms with Gasteiger partial charge < -0.3 is 14.7 Å². The largest absolute Gasteiger partial charge is 0.347 e. The summed E-state index contributed by atoms with van der Waals surface area (Å²) < 4.78 is 0. The molecule has 1 aromatic heterocycles. The molecule has 0 radical (unpaired) electrons. The zero-order valence-electron chi connectivity index (χ0n) is 16.1. The van der Waals surface area contributed by atoms with E-state index in [4.69, 9.17) is 0 Å². The molecule has 2 rings (SSSR count). The first-order valence-corrected chi connectivity index (χ1v) is 8.00. The molecule has 1 fully saturated rings. The number of imide groups is 1. The first kappa shape index (κ1) is 19.3. The van der Waals surface area contributed by atoms with Crippen LogP contribution in [0.15, 0.2) is 0 Å². The summed E-state index contributed by atoms with van der Waals surface area (Å²) >= 11 is 0. The van der Waals surface area contributed by atoms with Crippen molar-refractivity contribution >= 4 is 35.7 Å². The summed E-state index contributed by atoms with van der Waals surface area (Å²) in [7, 11) is 10.2. The average Bonchev–Trinajstić information content (AvgIpc) is 2.87. The van der Waals surface area contributed by atoms with E-state index in [2.05, 4.69) is 15.0 Å². The van der Waals surface area contributed by atoms with E-state index in [1.165, 1.54) is 11.8 Å². The number of nitrogens with zero attached hydrogens (tertiary/aromatic N) is 8. The number of likely N-dealkylation sites (N-methyl/N-ethyl adjacent to an activating group) is 1. The van der Waals surface area contributed by atoms with Crippen molar-refractivity contribution in [1.29, 1.82) is 0 Å². The SMILES string of the molecule is CC(C(=O)N(C)C)N1C(=O)CN(c2nc(N(C)C)nc(N(C)C)n2)C1=O. The first-order chi connectivity index (χ1) is 12.0. The molecule has 142 valence electrons. The molecular weight excluding hydrogens is 340 g/mol. The maximum Gasteiger partial charge on any atom is 0.334 e. The second-order valence-corrected chi connectivity index (χ2v) is 6.57. The maximum absolute atomic E-state index is 12.8. The fourth-order valence-electron chi connectivity index (χ4n) is 2.40. The van der Waals surface area contributed by atoms with Gasteiger partial charge in [-0.05, 0) is 6.92 Å². The maximum atomic E-state index is 12.8. The smallest absolute Gasteiger partial charge is 0.334 e. The van der Waals surface area contributed by atoms with Crippen LogP contribution in [0.2, 0.25) is 0 Å². The van der Waals surface area contributed by atoms with Crippen LogP contribution in [0.1, 0.15) is 6.92 Å². The molecule has 0 bridgehead atoms. The van der Waals surface area contributed by atoms with Gasteiger partial charge in [-0.15, -0.1) is 0 Å². The highest BCUT2D eigenvalue weighted by Crippen LogP contribution is 2.23. The first-order valence-electron chi connectivity index (χ1n) is 8.00.